The summed E-state index contributed by atoms with van der Waals surface area (Å²) in [4.78, 5) is 32.0. The van der Waals surface area contributed by atoms with Crippen LogP contribution in [0.25, 0.3) is 5.65 Å². The molecule has 2 aromatic rings. The molecule has 0 amide bonds. The van der Waals surface area contributed by atoms with Crippen molar-refractivity contribution >= 4 is 34.1 Å². The fraction of sp³-hybridized carbons (Fsp3) is 0.524. The number of esters is 1. The summed E-state index contributed by atoms with van der Waals surface area (Å²) in [6.07, 6.45) is 1.42. The highest BCUT2D eigenvalue weighted by atomic mass is 32.2. The lowest BCUT2D eigenvalue weighted by Gasteiger charge is -2.28. The van der Waals surface area contributed by atoms with Crippen LogP contribution in [0.15, 0.2) is 27.5 Å². The van der Waals surface area contributed by atoms with Gasteiger partial charge in [0.15, 0.2) is 5.65 Å². The van der Waals surface area contributed by atoms with Gasteiger partial charge in [0.2, 0.25) is 0 Å². The normalized spacial score (nSPS) is 16.4. The van der Waals surface area contributed by atoms with Gasteiger partial charge in [-0.15, -0.1) is 0 Å². The molecule has 0 N–H and O–H groups in total. The molecule has 1 aliphatic heterocycles. The van der Waals surface area contributed by atoms with Crippen molar-refractivity contribution in [2.75, 3.05) is 37.8 Å². The van der Waals surface area contributed by atoms with Gasteiger partial charge in [0.25, 0.3) is 5.56 Å². The minimum atomic E-state index is -1.52. The number of pyridine rings is 1. The zero-order chi connectivity index (χ0) is 22.8. The summed E-state index contributed by atoms with van der Waals surface area (Å²) in [6, 6.07) is 3.03. The smallest absolute Gasteiger partial charge is 0.339 e. The van der Waals surface area contributed by atoms with Crippen molar-refractivity contribution in [2.45, 2.75) is 39.4 Å². The highest BCUT2D eigenvalue weighted by molar-refractivity contribution is 7.85. The van der Waals surface area contributed by atoms with E-state index in [0.717, 1.165) is 0 Å². The molecular weight excluding hydrogens is 420 g/mol. The molecule has 0 unspecified atom stereocenters. The third-order valence-corrected chi connectivity index (χ3v) is 6.21. The van der Waals surface area contributed by atoms with Crippen molar-refractivity contribution in [3.63, 3.8) is 0 Å². The number of hydrogen-bond donors (Lipinski definition) is 0. The van der Waals surface area contributed by atoms with Crippen LogP contribution in [-0.2, 0) is 20.5 Å². The number of aromatic nitrogens is 2. The molecule has 0 aliphatic carbocycles. The van der Waals surface area contributed by atoms with Crippen LogP contribution in [0.1, 0.15) is 50.5 Å². The Hall–Kier alpha value is -2.59. The number of ether oxygens (including phenoxy) is 2. The molecule has 1 fully saturated rings. The molecule has 0 radical (unpaired) electrons. The standard InChI is InChI=1S/C21H28N4O5S/c1-6-30-20(27)15-11-16(14(2)23-31(28)21(3,4)5)19-22-17(12-18(26)25(19)13-15)24-7-9-29-10-8-24/h11-13H,6-10H2,1-5H3/t31-/m1/s1. The van der Waals surface area contributed by atoms with Crippen molar-refractivity contribution in [3.05, 3.63) is 39.8 Å². The van der Waals surface area contributed by atoms with Gasteiger partial charge in [0.05, 0.1) is 35.8 Å². The highest BCUT2D eigenvalue weighted by Crippen LogP contribution is 2.20. The van der Waals surface area contributed by atoms with Crippen LogP contribution in [0, 0.1) is 0 Å². The van der Waals surface area contributed by atoms with Gasteiger partial charge in [0.1, 0.15) is 16.8 Å². The molecule has 10 heteroatoms. The Balaban J connectivity index is 2.23. The van der Waals surface area contributed by atoms with E-state index in [1.165, 1.54) is 16.7 Å². The van der Waals surface area contributed by atoms with E-state index >= 15 is 0 Å². The van der Waals surface area contributed by atoms with E-state index in [0.29, 0.717) is 49.0 Å². The second-order valence-electron chi connectivity index (χ2n) is 8.15. The van der Waals surface area contributed by atoms with Crippen molar-refractivity contribution in [1.82, 2.24) is 9.38 Å². The minimum Gasteiger partial charge on any atom is -0.462 e. The van der Waals surface area contributed by atoms with E-state index in [9.17, 15) is 13.8 Å². The number of anilines is 1. The van der Waals surface area contributed by atoms with E-state index < -0.39 is 21.7 Å². The van der Waals surface area contributed by atoms with Crippen molar-refractivity contribution in [3.8, 4) is 0 Å². The summed E-state index contributed by atoms with van der Waals surface area (Å²) in [6.45, 7) is 11.5. The molecule has 3 rings (SSSR count). The van der Waals surface area contributed by atoms with E-state index in [1.807, 2.05) is 25.7 Å². The average molecular weight is 449 g/mol. The van der Waals surface area contributed by atoms with E-state index in [-0.39, 0.29) is 17.7 Å². The molecule has 0 aromatic carbocycles. The molecule has 0 bridgehead atoms. The van der Waals surface area contributed by atoms with Crippen LogP contribution in [0.3, 0.4) is 0 Å². The number of rotatable bonds is 5. The highest BCUT2D eigenvalue weighted by Gasteiger charge is 2.22. The molecule has 168 valence electrons. The van der Waals surface area contributed by atoms with Gasteiger partial charge < -0.3 is 14.4 Å². The summed E-state index contributed by atoms with van der Waals surface area (Å²) >= 11 is 0. The number of carbonyl (C=O) groups excluding carboxylic acids is 1. The predicted octanol–water partition coefficient (Wildman–Crippen LogP) is 1.98. The molecule has 0 spiro atoms. The maximum Gasteiger partial charge on any atom is 0.339 e. The fourth-order valence-corrected chi connectivity index (χ4v) is 3.67. The van der Waals surface area contributed by atoms with Gasteiger partial charge in [-0.2, -0.15) is 4.40 Å². The largest absolute Gasteiger partial charge is 0.462 e. The first-order valence-corrected chi connectivity index (χ1v) is 11.3. The Morgan fingerprint density at radius 3 is 2.58 bits per heavy atom. The lowest BCUT2D eigenvalue weighted by molar-refractivity contribution is 0.0525. The van der Waals surface area contributed by atoms with Crippen molar-refractivity contribution in [1.29, 1.82) is 0 Å². The molecule has 1 saturated heterocycles. The summed E-state index contributed by atoms with van der Waals surface area (Å²) in [5.41, 5.74) is 1.08. The van der Waals surface area contributed by atoms with Crippen LogP contribution in [-0.4, -0.2) is 62.9 Å². The third-order valence-electron chi connectivity index (χ3n) is 4.73. The minimum absolute atomic E-state index is 0.198. The first kappa shape index (κ1) is 23.1. The van der Waals surface area contributed by atoms with Gasteiger partial charge in [-0.3, -0.25) is 9.20 Å². The van der Waals surface area contributed by atoms with Gasteiger partial charge in [-0.05, 0) is 40.7 Å². The number of morpholine rings is 1. The molecule has 3 heterocycles. The zero-order valence-electron chi connectivity index (χ0n) is 18.5. The van der Waals surface area contributed by atoms with Crippen molar-refractivity contribution in [2.24, 2.45) is 4.40 Å². The van der Waals surface area contributed by atoms with E-state index in [1.54, 1.807) is 19.9 Å². The van der Waals surface area contributed by atoms with Crippen molar-refractivity contribution < 1.29 is 18.5 Å². The number of fused-ring (bicyclic) bond motifs is 1. The average Bonchev–Trinajstić information content (AvgIpc) is 2.73. The first-order chi connectivity index (χ1) is 14.6. The summed E-state index contributed by atoms with van der Waals surface area (Å²) in [5, 5.41) is 0. The van der Waals surface area contributed by atoms with Crippen LogP contribution < -0.4 is 10.5 Å². The Labute approximate surface area is 183 Å². The van der Waals surface area contributed by atoms with Gasteiger partial charge in [0, 0.05) is 30.9 Å². The SMILES string of the molecule is CCOC(=O)c1cc(C(C)=N[S@](=O)C(C)(C)C)c2nc(N3CCOCC3)cc(=O)n2c1. The maximum absolute atomic E-state index is 12.9. The Kier molecular flexibility index (Phi) is 6.90. The van der Waals surface area contributed by atoms with Gasteiger partial charge >= 0.3 is 5.97 Å². The van der Waals surface area contributed by atoms with Crippen LogP contribution in [0.2, 0.25) is 0 Å². The Morgan fingerprint density at radius 2 is 1.97 bits per heavy atom. The fourth-order valence-electron chi connectivity index (χ4n) is 3.05. The third kappa shape index (κ3) is 5.19. The monoisotopic (exact) mass is 448 g/mol. The molecule has 31 heavy (non-hydrogen) atoms. The quantitative estimate of drug-likeness (QED) is 0.509. The lowest BCUT2D eigenvalue weighted by Crippen LogP contribution is -2.37. The van der Waals surface area contributed by atoms with Gasteiger partial charge in [-0.25, -0.2) is 14.0 Å². The first-order valence-electron chi connectivity index (χ1n) is 10.2. The lowest BCUT2D eigenvalue weighted by atomic mass is 10.1. The van der Waals surface area contributed by atoms with Crippen LogP contribution in [0.4, 0.5) is 5.82 Å². The molecule has 1 atom stereocenters. The summed E-state index contributed by atoms with van der Waals surface area (Å²) in [5.74, 6) is -0.0253. The van der Waals surface area contributed by atoms with Gasteiger partial charge in [-0.1, -0.05) is 0 Å². The molecular formula is C21H28N4O5S. The summed E-state index contributed by atoms with van der Waals surface area (Å²) < 4.78 is 28.2. The second-order valence-corrected chi connectivity index (χ2v) is 10.1. The Bertz CT molecular complexity index is 1100. The summed E-state index contributed by atoms with van der Waals surface area (Å²) in [7, 11) is -1.52. The van der Waals surface area contributed by atoms with E-state index in [2.05, 4.69) is 4.40 Å². The second kappa shape index (κ2) is 9.27. The topological polar surface area (TPSA) is 103 Å². The van der Waals surface area contributed by atoms with Crippen LogP contribution in [0.5, 0.6) is 0 Å². The van der Waals surface area contributed by atoms with E-state index in [4.69, 9.17) is 14.5 Å². The maximum atomic E-state index is 12.9. The predicted molar refractivity (Wildman–Crippen MR) is 121 cm³/mol. The molecule has 9 nitrogen and oxygen atoms in total. The number of hydrogen-bond acceptors (Lipinski definition) is 7. The number of nitrogens with zero attached hydrogens (tertiary/aromatic N) is 4. The number of carbonyl (C=O) groups is 1. The molecule has 1 aliphatic rings. The molecule has 2 aromatic heterocycles. The Morgan fingerprint density at radius 1 is 1.29 bits per heavy atom. The molecule has 0 saturated carbocycles. The van der Waals surface area contributed by atoms with Crippen LogP contribution >= 0.6 is 0 Å². The zero-order valence-corrected chi connectivity index (χ0v) is 19.3.